The third-order valence-corrected chi connectivity index (χ3v) is 4.54. The topological polar surface area (TPSA) is 42.0 Å². The summed E-state index contributed by atoms with van der Waals surface area (Å²) in [6.07, 6.45) is 1.17. The van der Waals surface area contributed by atoms with Crippen LogP contribution in [0.5, 0.6) is 5.75 Å². The number of rotatable bonds is 4. The molecule has 22 heavy (non-hydrogen) atoms. The summed E-state index contributed by atoms with van der Waals surface area (Å²) < 4.78 is 10.6. The maximum absolute atomic E-state index is 12.5. The molecule has 1 aromatic rings. The first-order valence-electron chi connectivity index (χ1n) is 7.99. The van der Waals surface area contributed by atoms with E-state index in [-0.39, 0.29) is 5.91 Å². The van der Waals surface area contributed by atoms with E-state index in [4.69, 9.17) is 9.47 Å². The molecule has 2 fully saturated rings. The molecule has 0 radical (unpaired) electrons. The molecule has 2 aliphatic heterocycles. The zero-order valence-electron chi connectivity index (χ0n) is 13.2. The van der Waals surface area contributed by atoms with Crippen molar-refractivity contribution < 1.29 is 14.3 Å². The van der Waals surface area contributed by atoms with Crippen LogP contribution in [-0.2, 0) is 4.74 Å². The van der Waals surface area contributed by atoms with Crippen molar-refractivity contribution in [2.45, 2.75) is 6.42 Å². The van der Waals surface area contributed by atoms with E-state index < -0.39 is 0 Å². The standard InChI is InChI=1S/C17H24N2O3/c1-21-16-4-2-15(3-5-16)17(20)19-9-7-18(8-10-19)12-14-6-11-22-13-14/h2-5,14H,6-13H2,1H3. The van der Waals surface area contributed by atoms with Crippen LogP contribution < -0.4 is 4.74 Å². The lowest BCUT2D eigenvalue weighted by Gasteiger charge is -2.35. The number of carbonyl (C=O) groups excluding carboxylic acids is 1. The molecule has 0 aromatic heterocycles. The Hall–Kier alpha value is -1.59. The van der Waals surface area contributed by atoms with Crippen molar-refractivity contribution in [1.29, 1.82) is 0 Å². The normalized spacial score (nSPS) is 22.8. The van der Waals surface area contributed by atoms with Gasteiger partial charge in [-0.25, -0.2) is 0 Å². The Labute approximate surface area is 131 Å². The van der Waals surface area contributed by atoms with E-state index in [1.54, 1.807) is 7.11 Å². The zero-order valence-corrected chi connectivity index (χ0v) is 13.2. The lowest BCUT2D eigenvalue weighted by molar-refractivity contribution is 0.0611. The van der Waals surface area contributed by atoms with Crippen molar-refractivity contribution in [3.05, 3.63) is 29.8 Å². The van der Waals surface area contributed by atoms with E-state index in [0.717, 1.165) is 57.3 Å². The first kappa shape index (κ1) is 15.3. The van der Waals surface area contributed by atoms with Gasteiger partial charge in [0.05, 0.1) is 13.7 Å². The molecule has 3 rings (SSSR count). The molecule has 1 atom stereocenters. The van der Waals surface area contributed by atoms with Gasteiger partial charge in [0.15, 0.2) is 0 Å². The second-order valence-electron chi connectivity index (χ2n) is 6.05. The highest BCUT2D eigenvalue weighted by Gasteiger charge is 2.25. The van der Waals surface area contributed by atoms with Gasteiger partial charge in [0.1, 0.15) is 5.75 Å². The van der Waals surface area contributed by atoms with Crippen molar-refractivity contribution in [3.8, 4) is 5.75 Å². The van der Waals surface area contributed by atoms with E-state index in [1.165, 1.54) is 6.42 Å². The molecule has 2 saturated heterocycles. The van der Waals surface area contributed by atoms with Gasteiger partial charge < -0.3 is 14.4 Å². The summed E-state index contributed by atoms with van der Waals surface area (Å²) >= 11 is 0. The maximum Gasteiger partial charge on any atom is 0.253 e. The molecular formula is C17H24N2O3. The van der Waals surface area contributed by atoms with Gasteiger partial charge in [-0.2, -0.15) is 0 Å². The number of hydrogen-bond donors (Lipinski definition) is 0. The van der Waals surface area contributed by atoms with Crippen LogP contribution in [0.2, 0.25) is 0 Å². The molecule has 1 amide bonds. The maximum atomic E-state index is 12.5. The molecule has 1 aromatic carbocycles. The van der Waals surface area contributed by atoms with Crippen LogP contribution in [0.3, 0.4) is 0 Å². The van der Waals surface area contributed by atoms with Crippen LogP contribution in [0, 0.1) is 5.92 Å². The SMILES string of the molecule is COc1ccc(C(=O)N2CCN(CC3CCOC3)CC2)cc1. The fourth-order valence-electron chi connectivity index (χ4n) is 3.14. The molecule has 5 heteroatoms. The van der Waals surface area contributed by atoms with E-state index in [0.29, 0.717) is 5.92 Å². The van der Waals surface area contributed by atoms with Gasteiger partial charge in [-0.15, -0.1) is 0 Å². The number of carbonyl (C=O) groups is 1. The molecule has 0 bridgehead atoms. The lowest BCUT2D eigenvalue weighted by Crippen LogP contribution is -2.49. The largest absolute Gasteiger partial charge is 0.497 e. The number of methoxy groups -OCH3 is 1. The number of nitrogens with zero attached hydrogens (tertiary/aromatic N) is 2. The van der Waals surface area contributed by atoms with Crippen molar-refractivity contribution in [2.75, 3.05) is 53.0 Å². The van der Waals surface area contributed by atoms with Gasteiger partial charge in [-0.1, -0.05) is 0 Å². The summed E-state index contributed by atoms with van der Waals surface area (Å²) in [7, 11) is 1.63. The molecule has 0 aliphatic carbocycles. The van der Waals surface area contributed by atoms with Crippen LogP contribution >= 0.6 is 0 Å². The third-order valence-electron chi connectivity index (χ3n) is 4.54. The number of hydrogen-bond acceptors (Lipinski definition) is 4. The first-order chi connectivity index (χ1) is 10.8. The van der Waals surface area contributed by atoms with Gasteiger partial charge in [-0.3, -0.25) is 9.69 Å². The monoisotopic (exact) mass is 304 g/mol. The molecule has 2 heterocycles. The van der Waals surface area contributed by atoms with Crippen LogP contribution in [0.4, 0.5) is 0 Å². The van der Waals surface area contributed by atoms with E-state index in [9.17, 15) is 4.79 Å². The van der Waals surface area contributed by atoms with Crippen molar-refractivity contribution >= 4 is 5.91 Å². The average molecular weight is 304 g/mol. The number of benzene rings is 1. The Balaban J connectivity index is 1.50. The van der Waals surface area contributed by atoms with Gasteiger partial charge in [0.25, 0.3) is 5.91 Å². The molecule has 0 spiro atoms. The summed E-state index contributed by atoms with van der Waals surface area (Å²) in [5, 5.41) is 0. The molecular weight excluding hydrogens is 280 g/mol. The number of ether oxygens (including phenoxy) is 2. The quantitative estimate of drug-likeness (QED) is 0.845. The summed E-state index contributed by atoms with van der Waals surface area (Å²) in [4.78, 5) is 16.9. The predicted molar refractivity (Wildman–Crippen MR) is 84.3 cm³/mol. The highest BCUT2D eigenvalue weighted by atomic mass is 16.5. The third kappa shape index (κ3) is 3.59. The van der Waals surface area contributed by atoms with Crippen LogP contribution in [0.1, 0.15) is 16.8 Å². The second kappa shape index (κ2) is 7.11. The number of amides is 1. The second-order valence-corrected chi connectivity index (χ2v) is 6.05. The molecule has 1 unspecified atom stereocenters. The molecule has 0 saturated carbocycles. The van der Waals surface area contributed by atoms with E-state index in [1.807, 2.05) is 29.2 Å². The Bertz CT molecular complexity index is 489. The lowest BCUT2D eigenvalue weighted by atomic mass is 10.1. The van der Waals surface area contributed by atoms with Crippen molar-refractivity contribution in [2.24, 2.45) is 5.92 Å². The van der Waals surface area contributed by atoms with Gasteiger partial charge in [-0.05, 0) is 36.6 Å². The molecule has 2 aliphatic rings. The van der Waals surface area contributed by atoms with Gasteiger partial charge >= 0.3 is 0 Å². The Morgan fingerprint density at radius 2 is 1.95 bits per heavy atom. The summed E-state index contributed by atoms with van der Waals surface area (Å²) in [6, 6.07) is 7.35. The Morgan fingerprint density at radius 1 is 1.23 bits per heavy atom. The molecule has 0 N–H and O–H groups in total. The predicted octanol–water partition coefficient (Wildman–Crippen LogP) is 1.49. The van der Waals surface area contributed by atoms with Crippen LogP contribution in [0.25, 0.3) is 0 Å². The van der Waals surface area contributed by atoms with Crippen molar-refractivity contribution in [1.82, 2.24) is 9.80 Å². The minimum Gasteiger partial charge on any atom is -0.497 e. The van der Waals surface area contributed by atoms with E-state index >= 15 is 0 Å². The fraction of sp³-hybridized carbons (Fsp3) is 0.588. The average Bonchev–Trinajstić information content (AvgIpc) is 3.08. The Morgan fingerprint density at radius 3 is 2.55 bits per heavy atom. The van der Waals surface area contributed by atoms with E-state index in [2.05, 4.69) is 4.90 Å². The highest BCUT2D eigenvalue weighted by molar-refractivity contribution is 5.94. The minimum absolute atomic E-state index is 0.117. The molecule has 5 nitrogen and oxygen atoms in total. The smallest absolute Gasteiger partial charge is 0.253 e. The summed E-state index contributed by atoms with van der Waals surface area (Å²) in [5.74, 6) is 1.57. The Kier molecular flexibility index (Phi) is 4.95. The fourth-order valence-corrected chi connectivity index (χ4v) is 3.14. The molecule has 120 valence electrons. The number of piperazine rings is 1. The summed E-state index contributed by atoms with van der Waals surface area (Å²) in [6.45, 7) is 6.42. The van der Waals surface area contributed by atoms with Crippen LogP contribution in [0.15, 0.2) is 24.3 Å². The highest BCUT2D eigenvalue weighted by Crippen LogP contribution is 2.17. The summed E-state index contributed by atoms with van der Waals surface area (Å²) in [5.41, 5.74) is 0.735. The van der Waals surface area contributed by atoms with Crippen LogP contribution in [-0.4, -0.2) is 68.8 Å². The zero-order chi connectivity index (χ0) is 15.4. The minimum atomic E-state index is 0.117. The van der Waals surface area contributed by atoms with Gasteiger partial charge in [0.2, 0.25) is 0 Å². The first-order valence-corrected chi connectivity index (χ1v) is 7.99. The van der Waals surface area contributed by atoms with Gasteiger partial charge in [0, 0.05) is 44.9 Å². The van der Waals surface area contributed by atoms with Crippen molar-refractivity contribution in [3.63, 3.8) is 0 Å².